The molecule has 2 rings (SSSR count). The van der Waals surface area contributed by atoms with Crippen molar-refractivity contribution in [1.82, 2.24) is 10.2 Å². The van der Waals surface area contributed by atoms with Gasteiger partial charge in [0.1, 0.15) is 0 Å². The van der Waals surface area contributed by atoms with Gasteiger partial charge in [-0.15, -0.1) is 10.2 Å². The van der Waals surface area contributed by atoms with Crippen LogP contribution in [0.2, 0.25) is 0 Å². The highest BCUT2D eigenvalue weighted by atomic mass is 16.4. The molecule has 0 radical (unpaired) electrons. The molecule has 0 aliphatic carbocycles. The van der Waals surface area contributed by atoms with Crippen molar-refractivity contribution in [2.24, 2.45) is 0 Å². The van der Waals surface area contributed by atoms with Gasteiger partial charge >= 0.3 is 0 Å². The molecule has 0 amide bonds. The maximum Gasteiger partial charge on any atom is 0.247 e. The first-order valence-electron chi connectivity index (χ1n) is 6.38. The van der Waals surface area contributed by atoms with Gasteiger partial charge in [0.05, 0.1) is 0 Å². The molecule has 4 nitrogen and oxygen atoms in total. The maximum absolute atomic E-state index is 5.22. The number of nitrogens with zero attached hydrogens (tertiary/aromatic N) is 2. The molecule has 0 saturated heterocycles. The molecular weight excluding hydrogens is 226 g/mol. The van der Waals surface area contributed by atoms with Crippen LogP contribution >= 0.6 is 0 Å². The monoisotopic (exact) mass is 245 g/mol. The number of anilines is 1. The van der Waals surface area contributed by atoms with Gasteiger partial charge in [-0.3, -0.25) is 0 Å². The molecule has 0 bridgehead atoms. The SMILES string of the molecule is CCC(CC)Nc1cc(-c2nnco2)ccc1C. The Kier molecular flexibility index (Phi) is 3.97. The predicted octanol–water partition coefficient (Wildman–Crippen LogP) is 3.65. The summed E-state index contributed by atoms with van der Waals surface area (Å²) in [7, 11) is 0. The minimum atomic E-state index is 0.502. The Hall–Kier alpha value is -1.84. The normalized spacial score (nSPS) is 10.9. The van der Waals surface area contributed by atoms with E-state index in [0.717, 1.165) is 24.1 Å². The second kappa shape index (κ2) is 5.67. The molecular formula is C14H19N3O. The average Bonchev–Trinajstić information content (AvgIpc) is 2.91. The first-order valence-corrected chi connectivity index (χ1v) is 6.38. The van der Waals surface area contributed by atoms with E-state index in [9.17, 15) is 0 Å². The van der Waals surface area contributed by atoms with Crippen LogP contribution in [-0.2, 0) is 0 Å². The summed E-state index contributed by atoms with van der Waals surface area (Å²) in [4.78, 5) is 0. The van der Waals surface area contributed by atoms with E-state index in [1.807, 2.05) is 6.07 Å². The van der Waals surface area contributed by atoms with Crippen molar-refractivity contribution in [1.29, 1.82) is 0 Å². The number of rotatable bonds is 5. The Morgan fingerprint density at radius 2 is 2.06 bits per heavy atom. The molecule has 0 spiro atoms. The Morgan fingerprint density at radius 1 is 1.28 bits per heavy atom. The number of aromatic nitrogens is 2. The highest BCUT2D eigenvalue weighted by molar-refractivity contribution is 5.64. The van der Waals surface area contributed by atoms with Gasteiger partial charge in [-0.05, 0) is 37.5 Å². The summed E-state index contributed by atoms with van der Waals surface area (Å²) in [5.41, 5.74) is 3.32. The van der Waals surface area contributed by atoms with Crippen LogP contribution in [0.15, 0.2) is 29.0 Å². The zero-order valence-electron chi connectivity index (χ0n) is 11.1. The molecule has 0 fully saturated rings. The van der Waals surface area contributed by atoms with Crippen molar-refractivity contribution < 1.29 is 4.42 Å². The Balaban J connectivity index is 2.27. The van der Waals surface area contributed by atoms with Gasteiger partial charge in [0.2, 0.25) is 12.3 Å². The predicted molar refractivity (Wildman–Crippen MR) is 72.5 cm³/mol. The molecule has 1 aromatic carbocycles. The fraction of sp³-hybridized carbons (Fsp3) is 0.429. The van der Waals surface area contributed by atoms with Gasteiger partial charge in [-0.1, -0.05) is 19.9 Å². The third kappa shape index (κ3) is 2.70. The van der Waals surface area contributed by atoms with Crippen LogP contribution in [0, 0.1) is 6.92 Å². The zero-order chi connectivity index (χ0) is 13.0. The second-order valence-electron chi connectivity index (χ2n) is 4.43. The van der Waals surface area contributed by atoms with E-state index < -0.39 is 0 Å². The van der Waals surface area contributed by atoms with Crippen LogP contribution in [0.5, 0.6) is 0 Å². The van der Waals surface area contributed by atoms with E-state index in [0.29, 0.717) is 11.9 Å². The van der Waals surface area contributed by atoms with E-state index >= 15 is 0 Å². The first-order chi connectivity index (χ1) is 8.74. The van der Waals surface area contributed by atoms with E-state index in [2.05, 4.69) is 48.4 Å². The molecule has 2 aromatic rings. The summed E-state index contributed by atoms with van der Waals surface area (Å²) < 4.78 is 5.22. The molecule has 0 aliphatic rings. The molecule has 1 aromatic heterocycles. The van der Waals surface area contributed by atoms with E-state index in [4.69, 9.17) is 4.42 Å². The first kappa shape index (κ1) is 12.6. The molecule has 0 atom stereocenters. The van der Waals surface area contributed by atoms with Crippen LogP contribution in [0.25, 0.3) is 11.5 Å². The summed E-state index contributed by atoms with van der Waals surface area (Å²) in [6, 6.07) is 6.65. The number of hydrogen-bond donors (Lipinski definition) is 1. The Bertz CT molecular complexity index is 490. The third-order valence-corrected chi connectivity index (χ3v) is 3.19. The number of nitrogens with one attached hydrogen (secondary N) is 1. The van der Waals surface area contributed by atoms with Crippen molar-refractivity contribution in [2.45, 2.75) is 39.7 Å². The molecule has 0 saturated carbocycles. The minimum absolute atomic E-state index is 0.502. The Labute approximate surface area is 107 Å². The van der Waals surface area contributed by atoms with Crippen LogP contribution < -0.4 is 5.32 Å². The van der Waals surface area contributed by atoms with Crippen LogP contribution in [-0.4, -0.2) is 16.2 Å². The summed E-state index contributed by atoms with van der Waals surface area (Å²) in [6.45, 7) is 6.49. The van der Waals surface area contributed by atoms with E-state index in [-0.39, 0.29) is 0 Å². The average molecular weight is 245 g/mol. The fourth-order valence-electron chi connectivity index (χ4n) is 1.92. The van der Waals surface area contributed by atoms with Gasteiger partial charge in [0.15, 0.2) is 0 Å². The van der Waals surface area contributed by atoms with Crippen LogP contribution in [0.3, 0.4) is 0 Å². The topological polar surface area (TPSA) is 51.0 Å². The summed E-state index contributed by atoms with van der Waals surface area (Å²) in [5, 5.41) is 11.2. The number of hydrogen-bond acceptors (Lipinski definition) is 4. The van der Waals surface area contributed by atoms with Gasteiger partial charge in [-0.2, -0.15) is 0 Å². The summed E-state index contributed by atoms with van der Waals surface area (Å²) in [6.07, 6.45) is 3.57. The lowest BCUT2D eigenvalue weighted by Crippen LogP contribution is -2.17. The standard InChI is InChI=1S/C14H19N3O/c1-4-12(5-2)16-13-8-11(7-6-10(13)3)14-17-15-9-18-14/h6-9,12,16H,4-5H2,1-3H3. The zero-order valence-corrected chi connectivity index (χ0v) is 11.1. The molecule has 1 heterocycles. The number of aryl methyl sites for hydroxylation is 1. The largest absolute Gasteiger partial charge is 0.423 e. The van der Waals surface area contributed by atoms with Crippen molar-refractivity contribution in [3.8, 4) is 11.5 Å². The highest BCUT2D eigenvalue weighted by Gasteiger charge is 2.09. The third-order valence-electron chi connectivity index (χ3n) is 3.19. The van der Waals surface area contributed by atoms with Gasteiger partial charge < -0.3 is 9.73 Å². The lowest BCUT2D eigenvalue weighted by Gasteiger charge is -2.18. The summed E-state index contributed by atoms with van der Waals surface area (Å²) in [5.74, 6) is 0.558. The molecule has 4 heteroatoms. The smallest absolute Gasteiger partial charge is 0.247 e. The van der Waals surface area contributed by atoms with Gasteiger partial charge in [-0.25, -0.2) is 0 Å². The van der Waals surface area contributed by atoms with Crippen molar-refractivity contribution in [2.75, 3.05) is 5.32 Å². The number of benzene rings is 1. The van der Waals surface area contributed by atoms with Crippen molar-refractivity contribution in [3.63, 3.8) is 0 Å². The molecule has 1 N–H and O–H groups in total. The van der Waals surface area contributed by atoms with Gasteiger partial charge in [0.25, 0.3) is 0 Å². The Morgan fingerprint density at radius 3 is 2.67 bits per heavy atom. The quantitative estimate of drug-likeness (QED) is 0.873. The van der Waals surface area contributed by atoms with Crippen LogP contribution in [0.1, 0.15) is 32.3 Å². The fourth-order valence-corrected chi connectivity index (χ4v) is 1.92. The van der Waals surface area contributed by atoms with E-state index in [1.54, 1.807) is 0 Å². The van der Waals surface area contributed by atoms with Gasteiger partial charge in [0, 0.05) is 17.3 Å². The van der Waals surface area contributed by atoms with Crippen molar-refractivity contribution in [3.05, 3.63) is 30.2 Å². The molecule has 18 heavy (non-hydrogen) atoms. The second-order valence-corrected chi connectivity index (χ2v) is 4.43. The molecule has 0 unspecified atom stereocenters. The maximum atomic E-state index is 5.22. The lowest BCUT2D eigenvalue weighted by atomic mass is 10.1. The van der Waals surface area contributed by atoms with E-state index in [1.165, 1.54) is 12.0 Å². The van der Waals surface area contributed by atoms with Crippen LogP contribution in [0.4, 0.5) is 5.69 Å². The minimum Gasteiger partial charge on any atom is -0.423 e. The lowest BCUT2D eigenvalue weighted by molar-refractivity contribution is 0.568. The highest BCUT2D eigenvalue weighted by Crippen LogP contribution is 2.25. The molecule has 96 valence electrons. The van der Waals surface area contributed by atoms with Crippen molar-refractivity contribution >= 4 is 5.69 Å². The summed E-state index contributed by atoms with van der Waals surface area (Å²) >= 11 is 0. The molecule has 0 aliphatic heterocycles.